The quantitative estimate of drug-likeness (QED) is 0.721. The van der Waals surface area contributed by atoms with Crippen molar-refractivity contribution in [1.82, 2.24) is 4.90 Å². The van der Waals surface area contributed by atoms with E-state index in [1.54, 1.807) is 4.90 Å². The van der Waals surface area contributed by atoms with Crippen molar-refractivity contribution in [2.75, 3.05) is 19.7 Å². The lowest BCUT2D eigenvalue weighted by atomic mass is 10.1. The van der Waals surface area contributed by atoms with Crippen LogP contribution in [0.15, 0.2) is 0 Å². The van der Waals surface area contributed by atoms with E-state index >= 15 is 0 Å². The van der Waals surface area contributed by atoms with Gasteiger partial charge in [0.05, 0.1) is 12.7 Å². The first-order valence-electron chi connectivity index (χ1n) is 5.37. The molecule has 2 atom stereocenters. The van der Waals surface area contributed by atoms with Gasteiger partial charge in [-0.1, -0.05) is 6.42 Å². The van der Waals surface area contributed by atoms with Crippen LogP contribution in [-0.4, -0.2) is 41.9 Å². The normalized spacial score (nSPS) is 33.2. The summed E-state index contributed by atoms with van der Waals surface area (Å²) in [6, 6.07) is 0. The highest BCUT2D eigenvalue weighted by Crippen LogP contribution is 2.26. The van der Waals surface area contributed by atoms with Gasteiger partial charge in [0, 0.05) is 19.0 Å². The van der Waals surface area contributed by atoms with Crippen molar-refractivity contribution < 1.29 is 14.6 Å². The van der Waals surface area contributed by atoms with Gasteiger partial charge in [0.2, 0.25) is 0 Å². The summed E-state index contributed by atoms with van der Waals surface area (Å²) in [6.45, 7) is 1.99. The summed E-state index contributed by atoms with van der Waals surface area (Å²) < 4.78 is 4.94. The van der Waals surface area contributed by atoms with E-state index in [-0.39, 0.29) is 18.1 Å². The molecular formula is C10H17NO3. The van der Waals surface area contributed by atoms with Gasteiger partial charge in [0.15, 0.2) is 0 Å². The van der Waals surface area contributed by atoms with Gasteiger partial charge < -0.3 is 14.7 Å². The zero-order valence-corrected chi connectivity index (χ0v) is 8.32. The van der Waals surface area contributed by atoms with Crippen LogP contribution in [0.5, 0.6) is 0 Å². The Kier molecular flexibility index (Phi) is 2.91. The van der Waals surface area contributed by atoms with Gasteiger partial charge in [-0.25, -0.2) is 4.79 Å². The highest BCUT2D eigenvalue weighted by Gasteiger charge is 2.30. The molecule has 0 spiro atoms. The molecule has 2 rings (SSSR count). The molecule has 0 radical (unpaired) electrons. The van der Waals surface area contributed by atoms with Crippen LogP contribution in [0.2, 0.25) is 0 Å². The molecule has 1 aliphatic heterocycles. The number of ether oxygens (including phenoxy) is 1. The average molecular weight is 199 g/mol. The van der Waals surface area contributed by atoms with Crippen LogP contribution in [0.3, 0.4) is 0 Å². The standard InChI is InChI=1S/C10H17NO3/c12-9-4-1-3-8(9)7-11-5-2-6-14-10(11)13/h8-9,12H,1-7H2. The molecule has 1 heterocycles. The number of hydrogen-bond donors (Lipinski definition) is 1. The van der Waals surface area contributed by atoms with Crippen molar-refractivity contribution in [1.29, 1.82) is 0 Å². The molecule has 2 unspecified atom stereocenters. The van der Waals surface area contributed by atoms with Gasteiger partial charge in [-0.2, -0.15) is 0 Å². The molecule has 1 aliphatic carbocycles. The van der Waals surface area contributed by atoms with E-state index in [1.807, 2.05) is 0 Å². The third-order valence-electron chi connectivity index (χ3n) is 3.13. The van der Waals surface area contributed by atoms with E-state index in [2.05, 4.69) is 0 Å². The molecule has 0 bridgehead atoms. The fraction of sp³-hybridized carbons (Fsp3) is 0.900. The van der Waals surface area contributed by atoms with Gasteiger partial charge in [0.25, 0.3) is 0 Å². The molecule has 14 heavy (non-hydrogen) atoms. The first-order valence-corrected chi connectivity index (χ1v) is 5.37. The summed E-state index contributed by atoms with van der Waals surface area (Å²) >= 11 is 0. The minimum atomic E-state index is -0.218. The minimum Gasteiger partial charge on any atom is -0.449 e. The summed E-state index contributed by atoms with van der Waals surface area (Å²) in [5.74, 6) is 0.264. The smallest absolute Gasteiger partial charge is 0.409 e. The second kappa shape index (κ2) is 4.17. The fourth-order valence-electron chi connectivity index (χ4n) is 2.28. The van der Waals surface area contributed by atoms with Crippen LogP contribution in [0, 0.1) is 5.92 Å². The molecule has 2 aliphatic rings. The Morgan fingerprint density at radius 1 is 1.43 bits per heavy atom. The number of nitrogens with zero attached hydrogens (tertiary/aromatic N) is 1. The molecule has 1 N–H and O–H groups in total. The van der Waals surface area contributed by atoms with Crippen LogP contribution in [-0.2, 0) is 4.74 Å². The third-order valence-corrected chi connectivity index (χ3v) is 3.13. The summed E-state index contributed by atoms with van der Waals surface area (Å²) in [5, 5.41) is 9.63. The molecule has 2 fully saturated rings. The van der Waals surface area contributed by atoms with Crippen LogP contribution in [0.4, 0.5) is 4.79 Å². The molecule has 0 aromatic carbocycles. The molecule has 0 aromatic heterocycles. The first kappa shape index (κ1) is 9.77. The second-order valence-corrected chi connectivity index (χ2v) is 4.17. The molecule has 1 saturated heterocycles. The second-order valence-electron chi connectivity index (χ2n) is 4.17. The maximum absolute atomic E-state index is 11.3. The number of hydrogen-bond acceptors (Lipinski definition) is 3. The summed E-state index contributed by atoms with van der Waals surface area (Å²) in [5.41, 5.74) is 0. The van der Waals surface area contributed by atoms with Crippen molar-refractivity contribution in [2.24, 2.45) is 5.92 Å². The van der Waals surface area contributed by atoms with Crippen LogP contribution >= 0.6 is 0 Å². The molecule has 4 heteroatoms. The van der Waals surface area contributed by atoms with E-state index in [9.17, 15) is 9.90 Å². The number of cyclic esters (lactones) is 1. The summed E-state index contributed by atoms with van der Waals surface area (Å²) in [7, 11) is 0. The van der Waals surface area contributed by atoms with Gasteiger partial charge in [-0.05, 0) is 19.3 Å². The lowest BCUT2D eigenvalue weighted by Crippen LogP contribution is -2.42. The van der Waals surface area contributed by atoms with E-state index in [0.717, 1.165) is 32.2 Å². The summed E-state index contributed by atoms with van der Waals surface area (Å²) in [4.78, 5) is 13.0. The molecule has 1 amide bonds. The Balaban J connectivity index is 1.86. The van der Waals surface area contributed by atoms with Crippen molar-refractivity contribution >= 4 is 6.09 Å². The average Bonchev–Trinajstić information content (AvgIpc) is 2.56. The Morgan fingerprint density at radius 3 is 2.93 bits per heavy atom. The number of aliphatic hydroxyl groups is 1. The number of amides is 1. The van der Waals surface area contributed by atoms with Crippen molar-refractivity contribution in [3.05, 3.63) is 0 Å². The third kappa shape index (κ3) is 2.00. The first-order chi connectivity index (χ1) is 6.77. The largest absolute Gasteiger partial charge is 0.449 e. The lowest BCUT2D eigenvalue weighted by Gasteiger charge is -2.29. The van der Waals surface area contributed by atoms with Crippen LogP contribution in [0.25, 0.3) is 0 Å². The summed E-state index contributed by atoms with van der Waals surface area (Å²) in [6.07, 6.45) is 3.47. The highest BCUT2D eigenvalue weighted by atomic mass is 16.6. The van der Waals surface area contributed by atoms with Crippen molar-refractivity contribution in [3.63, 3.8) is 0 Å². The van der Waals surface area contributed by atoms with Gasteiger partial charge in [-0.15, -0.1) is 0 Å². The van der Waals surface area contributed by atoms with Gasteiger partial charge in [0.1, 0.15) is 0 Å². The fourth-order valence-corrected chi connectivity index (χ4v) is 2.28. The minimum absolute atomic E-state index is 0.213. The van der Waals surface area contributed by atoms with E-state index in [4.69, 9.17) is 4.74 Å². The predicted molar refractivity (Wildman–Crippen MR) is 50.9 cm³/mol. The Hall–Kier alpha value is -0.770. The van der Waals surface area contributed by atoms with Crippen LogP contribution in [0.1, 0.15) is 25.7 Å². The molecule has 80 valence electrons. The van der Waals surface area contributed by atoms with Gasteiger partial charge >= 0.3 is 6.09 Å². The van der Waals surface area contributed by atoms with Crippen molar-refractivity contribution in [2.45, 2.75) is 31.8 Å². The van der Waals surface area contributed by atoms with E-state index < -0.39 is 0 Å². The molecule has 0 aromatic rings. The van der Waals surface area contributed by atoms with E-state index in [1.165, 1.54) is 0 Å². The monoisotopic (exact) mass is 199 g/mol. The number of carbonyl (C=O) groups is 1. The molecule has 4 nitrogen and oxygen atoms in total. The Labute approximate surface area is 83.8 Å². The zero-order valence-electron chi connectivity index (χ0n) is 8.32. The Bertz CT molecular complexity index is 219. The maximum Gasteiger partial charge on any atom is 0.409 e. The Morgan fingerprint density at radius 2 is 2.29 bits per heavy atom. The SMILES string of the molecule is O=C1OCCCN1CC1CCCC1O. The van der Waals surface area contributed by atoms with Crippen molar-refractivity contribution in [3.8, 4) is 0 Å². The lowest BCUT2D eigenvalue weighted by molar-refractivity contribution is 0.0510. The zero-order chi connectivity index (χ0) is 9.97. The van der Waals surface area contributed by atoms with Crippen LogP contribution < -0.4 is 0 Å². The number of carbonyl (C=O) groups excluding carboxylic acids is 1. The maximum atomic E-state index is 11.3. The highest BCUT2D eigenvalue weighted by molar-refractivity contribution is 5.68. The molecular weight excluding hydrogens is 182 g/mol. The predicted octanol–water partition coefficient (Wildman–Crippen LogP) is 0.990. The van der Waals surface area contributed by atoms with Gasteiger partial charge in [-0.3, -0.25) is 0 Å². The van der Waals surface area contributed by atoms with E-state index in [0.29, 0.717) is 13.2 Å². The number of aliphatic hydroxyl groups excluding tert-OH is 1. The number of rotatable bonds is 2. The topological polar surface area (TPSA) is 49.8 Å². The molecule has 1 saturated carbocycles.